The summed E-state index contributed by atoms with van der Waals surface area (Å²) in [5.41, 5.74) is 0.876. The largest absolute Gasteiger partial charge is 0.359 e. The molecule has 0 bridgehead atoms. The Morgan fingerprint density at radius 2 is 2.36 bits per heavy atom. The number of sulfonamides is 1. The first-order valence-electron chi connectivity index (χ1n) is 7.35. The van der Waals surface area contributed by atoms with E-state index >= 15 is 0 Å². The van der Waals surface area contributed by atoms with Crippen molar-refractivity contribution in [3.8, 4) is 0 Å². The molecule has 1 aromatic rings. The molecule has 0 aromatic carbocycles. The number of nitrogens with two attached hydrogens (primary N) is 1. The molecule has 1 aliphatic heterocycles. The van der Waals surface area contributed by atoms with E-state index in [1.165, 1.54) is 0 Å². The predicted octanol–water partition coefficient (Wildman–Crippen LogP) is 0.447. The van der Waals surface area contributed by atoms with Crippen molar-refractivity contribution in [3.05, 3.63) is 17.5 Å². The van der Waals surface area contributed by atoms with Gasteiger partial charge in [-0.25, -0.2) is 18.4 Å². The summed E-state index contributed by atoms with van der Waals surface area (Å²) in [5, 5.41) is 11.7. The van der Waals surface area contributed by atoms with Gasteiger partial charge < -0.3 is 14.7 Å². The molecule has 1 aromatic heterocycles. The topological polar surface area (TPSA) is 119 Å². The lowest BCUT2D eigenvalue weighted by molar-refractivity contribution is 0.205. The third kappa shape index (κ3) is 4.99. The summed E-state index contributed by atoms with van der Waals surface area (Å²) in [4.78, 5) is 13.6. The third-order valence-electron chi connectivity index (χ3n) is 3.57. The maximum Gasteiger partial charge on any atom is 0.317 e. The number of hydrogen-bond acceptors (Lipinski definition) is 5. The minimum Gasteiger partial charge on any atom is -0.359 e. The molecule has 124 valence electrons. The number of aromatic nitrogens is 1. The Bertz CT molecular complexity index is 613. The number of carbonyl (C=O) groups excluding carboxylic acids is 1. The smallest absolute Gasteiger partial charge is 0.317 e. The Kier molecular flexibility index (Phi) is 5.41. The fraction of sp³-hybridized carbons (Fsp3) is 0.692. The first-order valence-corrected chi connectivity index (χ1v) is 9.06. The summed E-state index contributed by atoms with van der Waals surface area (Å²) in [5.74, 6) is 0.429. The van der Waals surface area contributed by atoms with Crippen molar-refractivity contribution >= 4 is 16.1 Å². The van der Waals surface area contributed by atoms with Gasteiger partial charge in [0.05, 0.1) is 18.0 Å². The van der Waals surface area contributed by atoms with E-state index in [0.717, 1.165) is 18.5 Å². The lowest BCUT2D eigenvalue weighted by Gasteiger charge is -2.16. The highest BCUT2D eigenvalue weighted by Crippen LogP contribution is 2.17. The van der Waals surface area contributed by atoms with E-state index in [2.05, 4.69) is 17.4 Å². The van der Waals surface area contributed by atoms with Gasteiger partial charge in [0.15, 0.2) is 5.76 Å². The van der Waals surface area contributed by atoms with Gasteiger partial charge in [0, 0.05) is 19.2 Å². The first kappa shape index (κ1) is 16.8. The molecule has 2 heterocycles. The molecule has 1 atom stereocenters. The average Bonchev–Trinajstić information content (AvgIpc) is 3.04. The molecule has 9 heteroatoms. The van der Waals surface area contributed by atoms with Crippen LogP contribution < -0.4 is 10.5 Å². The van der Waals surface area contributed by atoms with Gasteiger partial charge >= 0.3 is 6.03 Å². The number of hydrogen-bond donors (Lipinski definition) is 2. The molecular formula is C13H22N4O4S. The highest BCUT2D eigenvalue weighted by atomic mass is 32.2. The van der Waals surface area contributed by atoms with Crippen molar-refractivity contribution in [2.24, 2.45) is 11.1 Å². The Morgan fingerprint density at radius 1 is 1.59 bits per heavy atom. The van der Waals surface area contributed by atoms with Gasteiger partial charge in [-0.2, -0.15) is 0 Å². The van der Waals surface area contributed by atoms with Crippen LogP contribution >= 0.6 is 0 Å². The number of urea groups is 1. The van der Waals surface area contributed by atoms with Crippen molar-refractivity contribution in [2.45, 2.75) is 32.7 Å². The lowest BCUT2D eigenvalue weighted by atomic mass is 10.2. The van der Waals surface area contributed by atoms with Crippen molar-refractivity contribution in [1.82, 2.24) is 15.4 Å². The number of aryl methyl sites for hydroxylation is 1. The first-order chi connectivity index (χ1) is 10.4. The van der Waals surface area contributed by atoms with Crippen molar-refractivity contribution < 1.29 is 17.7 Å². The van der Waals surface area contributed by atoms with Crippen LogP contribution in [0.15, 0.2) is 10.6 Å². The normalized spacial score (nSPS) is 18.6. The summed E-state index contributed by atoms with van der Waals surface area (Å²) >= 11 is 0. The number of nitrogens with one attached hydrogen (secondary N) is 1. The SMILES string of the molecule is CCCc1cc(CNC(=O)N2CC[C@H](CS(N)(=O)=O)C2)on1. The summed E-state index contributed by atoms with van der Waals surface area (Å²) in [6.45, 7) is 3.26. The molecule has 2 amide bonds. The van der Waals surface area contributed by atoms with Crippen LogP contribution in [0.4, 0.5) is 4.79 Å². The van der Waals surface area contributed by atoms with E-state index in [0.29, 0.717) is 25.3 Å². The molecule has 8 nitrogen and oxygen atoms in total. The van der Waals surface area contributed by atoms with Crippen molar-refractivity contribution in [1.29, 1.82) is 0 Å². The summed E-state index contributed by atoms with van der Waals surface area (Å²) in [6, 6.07) is 1.60. The van der Waals surface area contributed by atoms with E-state index < -0.39 is 10.0 Å². The van der Waals surface area contributed by atoms with Gasteiger partial charge in [-0.3, -0.25) is 0 Å². The van der Waals surface area contributed by atoms with Crippen LogP contribution in [0.25, 0.3) is 0 Å². The zero-order valence-corrected chi connectivity index (χ0v) is 13.4. The molecule has 1 saturated heterocycles. The fourth-order valence-electron chi connectivity index (χ4n) is 2.57. The Labute approximate surface area is 130 Å². The molecule has 0 unspecified atom stereocenters. The Hall–Kier alpha value is -1.61. The average molecular weight is 330 g/mol. The predicted molar refractivity (Wildman–Crippen MR) is 80.4 cm³/mol. The van der Waals surface area contributed by atoms with Gasteiger partial charge in [0.2, 0.25) is 10.0 Å². The van der Waals surface area contributed by atoms with Gasteiger partial charge in [-0.05, 0) is 18.8 Å². The fourth-order valence-corrected chi connectivity index (χ4v) is 3.50. The maximum absolute atomic E-state index is 12.0. The number of rotatable bonds is 6. The van der Waals surface area contributed by atoms with Gasteiger partial charge in [-0.15, -0.1) is 0 Å². The molecule has 0 spiro atoms. The molecule has 2 rings (SSSR count). The van der Waals surface area contributed by atoms with Crippen LogP contribution in [0.1, 0.15) is 31.2 Å². The van der Waals surface area contributed by atoms with E-state index in [9.17, 15) is 13.2 Å². The van der Waals surface area contributed by atoms with Crippen molar-refractivity contribution in [2.75, 3.05) is 18.8 Å². The number of primary sulfonamides is 1. The molecular weight excluding hydrogens is 308 g/mol. The summed E-state index contributed by atoms with van der Waals surface area (Å²) in [6.07, 6.45) is 2.48. The van der Waals surface area contributed by atoms with Crippen LogP contribution in [-0.2, 0) is 23.0 Å². The second kappa shape index (κ2) is 7.10. The van der Waals surface area contributed by atoms with E-state index in [1.54, 1.807) is 4.90 Å². The summed E-state index contributed by atoms with van der Waals surface area (Å²) in [7, 11) is -3.50. The number of likely N-dealkylation sites (tertiary alicyclic amines) is 1. The van der Waals surface area contributed by atoms with Gasteiger partial charge in [-0.1, -0.05) is 18.5 Å². The minimum atomic E-state index is -3.50. The van der Waals surface area contributed by atoms with Crippen LogP contribution in [0, 0.1) is 5.92 Å². The Morgan fingerprint density at radius 3 is 3.05 bits per heavy atom. The standard InChI is InChI=1S/C13H22N4O4S/c1-2-3-11-6-12(21-16-11)7-15-13(18)17-5-4-10(8-17)9-22(14,19)20/h6,10H,2-5,7-9H2,1H3,(H,15,18)(H2,14,19,20)/t10-/m0/s1. The van der Waals surface area contributed by atoms with Crippen LogP contribution in [0.3, 0.4) is 0 Å². The molecule has 3 N–H and O–H groups in total. The molecule has 0 aliphatic carbocycles. The maximum atomic E-state index is 12.0. The van der Waals surface area contributed by atoms with E-state index in [4.69, 9.17) is 9.66 Å². The lowest BCUT2D eigenvalue weighted by Crippen LogP contribution is -2.38. The van der Waals surface area contributed by atoms with Crippen LogP contribution in [0.5, 0.6) is 0 Å². The minimum absolute atomic E-state index is 0.0841. The highest BCUT2D eigenvalue weighted by molar-refractivity contribution is 7.89. The van der Waals surface area contributed by atoms with E-state index in [-0.39, 0.29) is 24.2 Å². The second-order valence-electron chi connectivity index (χ2n) is 5.62. The molecule has 22 heavy (non-hydrogen) atoms. The van der Waals surface area contributed by atoms with Gasteiger partial charge in [0.25, 0.3) is 0 Å². The van der Waals surface area contributed by atoms with Crippen LogP contribution in [0.2, 0.25) is 0 Å². The summed E-state index contributed by atoms with van der Waals surface area (Å²) < 4.78 is 27.3. The van der Waals surface area contributed by atoms with Gasteiger partial charge in [0.1, 0.15) is 0 Å². The van der Waals surface area contributed by atoms with Crippen LogP contribution in [-0.4, -0.2) is 43.3 Å². The molecule has 1 fully saturated rings. The second-order valence-corrected chi connectivity index (χ2v) is 7.28. The highest BCUT2D eigenvalue weighted by Gasteiger charge is 2.28. The number of nitrogens with zero attached hydrogens (tertiary/aromatic N) is 2. The Balaban J connectivity index is 1.78. The zero-order chi connectivity index (χ0) is 16.2. The molecule has 1 aliphatic rings. The van der Waals surface area contributed by atoms with Crippen molar-refractivity contribution in [3.63, 3.8) is 0 Å². The monoisotopic (exact) mass is 330 g/mol. The van der Waals surface area contributed by atoms with E-state index in [1.807, 2.05) is 6.07 Å². The molecule has 0 saturated carbocycles. The molecule has 0 radical (unpaired) electrons. The zero-order valence-electron chi connectivity index (χ0n) is 12.6. The number of amides is 2. The number of carbonyl (C=O) groups is 1. The quantitative estimate of drug-likeness (QED) is 0.785. The third-order valence-corrected chi connectivity index (χ3v) is 4.50.